The summed E-state index contributed by atoms with van der Waals surface area (Å²) in [5, 5.41) is 7.12. The van der Waals surface area contributed by atoms with E-state index in [1.807, 2.05) is 0 Å². The molecule has 0 unspecified atom stereocenters. The Labute approximate surface area is 128 Å². The van der Waals surface area contributed by atoms with Crippen LogP contribution in [0.5, 0.6) is 0 Å². The van der Waals surface area contributed by atoms with E-state index in [1.165, 1.54) is 10.9 Å². The van der Waals surface area contributed by atoms with Gasteiger partial charge in [0.05, 0.1) is 23.4 Å². The fourth-order valence-corrected chi connectivity index (χ4v) is 3.65. The van der Waals surface area contributed by atoms with Gasteiger partial charge in [-0.3, -0.25) is 4.79 Å². The average molecular weight is 335 g/mol. The smallest absolute Gasteiger partial charge is 0.287 e. The third-order valence-corrected chi connectivity index (χ3v) is 5.46. The van der Waals surface area contributed by atoms with Crippen LogP contribution < -0.4 is 10.9 Å². The molecule has 1 aromatic heterocycles. The lowest BCUT2D eigenvalue weighted by molar-refractivity contribution is 0.295. The molecule has 1 fully saturated rings. The first-order valence-electron chi connectivity index (χ1n) is 6.77. The van der Waals surface area contributed by atoms with Crippen LogP contribution in [-0.2, 0) is 16.9 Å². The Morgan fingerprint density at radius 3 is 2.71 bits per heavy atom. The Kier molecular flexibility index (Phi) is 5.23. The highest BCUT2D eigenvalue weighted by atomic mass is 35.5. The molecule has 1 aromatic rings. The average Bonchev–Trinajstić information content (AvgIpc) is 2.44. The number of hydrogen-bond donors (Lipinski definition) is 1. The molecule has 1 N–H and O–H groups in total. The first-order chi connectivity index (χ1) is 9.89. The summed E-state index contributed by atoms with van der Waals surface area (Å²) in [6, 6.07) is 0. The Morgan fingerprint density at radius 1 is 1.38 bits per heavy atom. The summed E-state index contributed by atoms with van der Waals surface area (Å²) < 4.78 is 23.8. The van der Waals surface area contributed by atoms with Gasteiger partial charge in [0.1, 0.15) is 5.02 Å². The van der Waals surface area contributed by atoms with Gasteiger partial charge in [0.15, 0.2) is 9.84 Å². The maximum absolute atomic E-state index is 11.6. The number of aromatic nitrogens is 2. The number of hydrogen-bond acceptors (Lipinski definition) is 6. The maximum Gasteiger partial charge on any atom is 0.287 e. The predicted molar refractivity (Wildman–Crippen MR) is 82.7 cm³/mol. The van der Waals surface area contributed by atoms with Crippen LogP contribution in [0, 0.1) is 0 Å². The molecule has 0 atom stereocenters. The van der Waals surface area contributed by atoms with Gasteiger partial charge in [-0.2, -0.15) is 5.10 Å². The molecule has 0 radical (unpaired) electrons. The van der Waals surface area contributed by atoms with Gasteiger partial charge in [0, 0.05) is 26.7 Å². The van der Waals surface area contributed by atoms with Crippen LogP contribution in [0.25, 0.3) is 0 Å². The zero-order valence-electron chi connectivity index (χ0n) is 11.9. The summed E-state index contributed by atoms with van der Waals surface area (Å²) in [7, 11) is -1.28. The van der Waals surface area contributed by atoms with Crippen molar-refractivity contribution in [1.29, 1.82) is 0 Å². The number of aryl methyl sites for hydroxylation is 1. The summed E-state index contributed by atoms with van der Waals surface area (Å²) in [4.78, 5) is 13.7. The lowest BCUT2D eigenvalue weighted by atomic mass is 10.3. The molecule has 0 spiro atoms. The number of nitrogens with one attached hydrogen (secondary N) is 1. The van der Waals surface area contributed by atoms with Crippen molar-refractivity contribution in [2.24, 2.45) is 7.05 Å². The van der Waals surface area contributed by atoms with Crippen LogP contribution in [0.15, 0.2) is 11.0 Å². The maximum atomic E-state index is 11.6. The van der Waals surface area contributed by atoms with E-state index >= 15 is 0 Å². The van der Waals surface area contributed by atoms with Crippen LogP contribution >= 0.6 is 11.6 Å². The Balaban J connectivity index is 1.76. The van der Waals surface area contributed by atoms with Crippen molar-refractivity contribution in [1.82, 2.24) is 14.7 Å². The number of nitrogens with zero attached hydrogens (tertiary/aromatic N) is 3. The zero-order valence-corrected chi connectivity index (χ0v) is 13.5. The van der Waals surface area contributed by atoms with Gasteiger partial charge in [-0.05, 0) is 13.0 Å². The first-order valence-corrected chi connectivity index (χ1v) is 8.97. The second-order valence-corrected chi connectivity index (χ2v) is 7.76. The fourth-order valence-electron chi connectivity index (χ4n) is 2.13. The quantitative estimate of drug-likeness (QED) is 0.761. The molecule has 0 aromatic carbocycles. The van der Waals surface area contributed by atoms with E-state index in [-0.39, 0.29) is 22.1 Å². The summed E-state index contributed by atoms with van der Waals surface area (Å²) >= 11 is 5.94. The standard InChI is InChI=1S/C12H19ClN4O3S/c1-16-12(18)11(13)10(9-15-16)14-3-2-4-17-5-7-21(19,20)8-6-17/h9,14H,2-8H2,1H3. The van der Waals surface area contributed by atoms with E-state index in [0.717, 1.165) is 13.0 Å². The number of rotatable bonds is 5. The van der Waals surface area contributed by atoms with Gasteiger partial charge in [0.25, 0.3) is 5.56 Å². The van der Waals surface area contributed by atoms with Crippen molar-refractivity contribution in [3.8, 4) is 0 Å². The van der Waals surface area contributed by atoms with Gasteiger partial charge in [-0.25, -0.2) is 13.1 Å². The van der Waals surface area contributed by atoms with Gasteiger partial charge in [-0.1, -0.05) is 11.6 Å². The SMILES string of the molecule is Cn1ncc(NCCCN2CCS(=O)(=O)CC2)c(Cl)c1=O. The Hall–Kier alpha value is -1.12. The third-order valence-electron chi connectivity index (χ3n) is 3.48. The first kappa shape index (κ1) is 16.3. The highest BCUT2D eigenvalue weighted by Gasteiger charge is 2.20. The zero-order chi connectivity index (χ0) is 15.5. The molecule has 7 nitrogen and oxygen atoms in total. The van der Waals surface area contributed by atoms with Gasteiger partial charge < -0.3 is 10.2 Å². The molecule has 0 bridgehead atoms. The minimum absolute atomic E-state index is 0.136. The molecule has 2 rings (SSSR count). The normalized spacial score (nSPS) is 18.6. The van der Waals surface area contributed by atoms with E-state index < -0.39 is 9.84 Å². The number of sulfone groups is 1. The second kappa shape index (κ2) is 6.76. The Morgan fingerprint density at radius 2 is 2.05 bits per heavy atom. The lowest BCUT2D eigenvalue weighted by Gasteiger charge is -2.26. The van der Waals surface area contributed by atoms with E-state index in [1.54, 1.807) is 7.05 Å². The number of anilines is 1. The summed E-state index contributed by atoms with van der Waals surface area (Å²) in [6.07, 6.45) is 2.36. The van der Waals surface area contributed by atoms with Gasteiger partial charge >= 0.3 is 0 Å². The van der Waals surface area contributed by atoms with Crippen LogP contribution in [0.4, 0.5) is 5.69 Å². The van der Waals surface area contributed by atoms with Crippen molar-refractivity contribution >= 4 is 27.1 Å². The second-order valence-electron chi connectivity index (χ2n) is 5.07. The largest absolute Gasteiger partial charge is 0.382 e. The summed E-state index contributed by atoms with van der Waals surface area (Å²) in [5.74, 6) is 0.482. The molecule has 9 heteroatoms. The van der Waals surface area contributed by atoms with E-state index in [9.17, 15) is 13.2 Å². The van der Waals surface area contributed by atoms with Crippen LogP contribution in [0.1, 0.15) is 6.42 Å². The molecular weight excluding hydrogens is 316 g/mol. The molecule has 1 aliphatic heterocycles. The highest BCUT2D eigenvalue weighted by molar-refractivity contribution is 7.91. The van der Waals surface area contributed by atoms with Crippen molar-refractivity contribution in [3.05, 3.63) is 21.6 Å². The van der Waals surface area contributed by atoms with E-state index in [4.69, 9.17) is 11.6 Å². The predicted octanol–water partition coefficient (Wildman–Crippen LogP) is -0.0339. The van der Waals surface area contributed by atoms with E-state index in [2.05, 4.69) is 15.3 Å². The minimum atomic E-state index is -2.82. The molecule has 1 saturated heterocycles. The molecule has 0 saturated carbocycles. The summed E-state index contributed by atoms with van der Waals surface area (Å²) in [6.45, 7) is 2.66. The van der Waals surface area contributed by atoms with Crippen LogP contribution in [0.3, 0.4) is 0 Å². The molecule has 21 heavy (non-hydrogen) atoms. The molecule has 0 amide bonds. The van der Waals surface area contributed by atoms with Crippen molar-refractivity contribution in [3.63, 3.8) is 0 Å². The monoisotopic (exact) mass is 334 g/mol. The van der Waals surface area contributed by atoms with Crippen molar-refractivity contribution in [2.45, 2.75) is 6.42 Å². The van der Waals surface area contributed by atoms with Gasteiger partial charge in [-0.15, -0.1) is 0 Å². The molecule has 0 aliphatic carbocycles. The lowest BCUT2D eigenvalue weighted by Crippen LogP contribution is -2.41. The molecule has 1 aliphatic rings. The van der Waals surface area contributed by atoms with Crippen LogP contribution in [-0.4, -0.2) is 60.8 Å². The highest BCUT2D eigenvalue weighted by Crippen LogP contribution is 2.14. The minimum Gasteiger partial charge on any atom is -0.382 e. The van der Waals surface area contributed by atoms with Crippen LogP contribution in [0.2, 0.25) is 5.02 Å². The summed E-state index contributed by atoms with van der Waals surface area (Å²) in [5.41, 5.74) is 0.198. The fraction of sp³-hybridized carbons (Fsp3) is 0.667. The van der Waals surface area contributed by atoms with Crippen molar-refractivity contribution in [2.75, 3.05) is 43.0 Å². The topological polar surface area (TPSA) is 84.3 Å². The van der Waals surface area contributed by atoms with E-state index in [0.29, 0.717) is 25.3 Å². The molecular formula is C12H19ClN4O3S. The third kappa shape index (κ3) is 4.42. The molecule has 118 valence electrons. The van der Waals surface area contributed by atoms with Gasteiger partial charge in [0.2, 0.25) is 0 Å². The Bertz CT molecular complexity index is 645. The number of halogens is 1. The molecule has 2 heterocycles. The van der Waals surface area contributed by atoms with Crippen molar-refractivity contribution < 1.29 is 8.42 Å².